The molecule has 0 unspecified atom stereocenters. The molecule has 0 aromatic heterocycles. The van der Waals surface area contributed by atoms with Crippen molar-refractivity contribution in [1.82, 2.24) is 15.1 Å². The second-order valence-electron chi connectivity index (χ2n) is 7.01. The van der Waals surface area contributed by atoms with Gasteiger partial charge in [0.15, 0.2) is 0 Å². The van der Waals surface area contributed by atoms with E-state index in [0.29, 0.717) is 5.54 Å². The summed E-state index contributed by atoms with van der Waals surface area (Å²) in [6, 6.07) is 0. The molecule has 1 aliphatic carbocycles. The van der Waals surface area contributed by atoms with Crippen molar-refractivity contribution < 1.29 is 0 Å². The van der Waals surface area contributed by atoms with E-state index >= 15 is 0 Å². The summed E-state index contributed by atoms with van der Waals surface area (Å²) < 4.78 is 0. The number of hydrogen-bond acceptors (Lipinski definition) is 3. The van der Waals surface area contributed by atoms with Gasteiger partial charge in [-0.2, -0.15) is 0 Å². The molecular formula is C14H29N3. The second-order valence-corrected chi connectivity index (χ2v) is 7.01. The number of rotatable bonds is 3. The van der Waals surface area contributed by atoms with Gasteiger partial charge >= 0.3 is 0 Å². The van der Waals surface area contributed by atoms with Crippen LogP contribution in [-0.2, 0) is 0 Å². The van der Waals surface area contributed by atoms with E-state index in [-0.39, 0.29) is 5.54 Å². The average Bonchev–Trinajstić information content (AvgIpc) is 2.60. The lowest BCUT2D eigenvalue weighted by molar-refractivity contribution is 0.0583. The van der Waals surface area contributed by atoms with Gasteiger partial charge in [-0.25, -0.2) is 0 Å². The maximum Gasteiger partial charge on any atom is 0.0313 e. The van der Waals surface area contributed by atoms with Crippen LogP contribution in [0.4, 0.5) is 0 Å². The summed E-state index contributed by atoms with van der Waals surface area (Å²) in [5, 5.41) is 3.93. The van der Waals surface area contributed by atoms with Crippen LogP contribution < -0.4 is 5.32 Å². The fourth-order valence-electron chi connectivity index (χ4n) is 3.67. The molecule has 2 rings (SSSR count). The molecule has 17 heavy (non-hydrogen) atoms. The molecule has 3 nitrogen and oxygen atoms in total. The van der Waals surface area contributed by atoms with Crippen molar-refractivity contribution in [2.75, 3.05) is 40.3 Å². The minimum absolute atomic E-state index is 0.273. The maximum atomic E-state index is 3.93. The van der Waals surface area contributed by atoms with Crippen molar-refractivity contribution in [2.24, 2.45) is 0 Å². The zero-order valence-corrected chi connectivity index (χ0v) is 12.1. The Hall–Kier alpha value is -0.120. The third-order valence-corrected chi connectivity index (χ3v) is 4.17. The van der Waals surface area contributed by atoms with Crippen LogP contribution in [0.5, 0.6) is 0 Å². The van der Waals surface area contributed by atoms with Crippen LogP contribution in [-0.4, -0.2) is 61.2 Å². The zero-order chi connectivity index (χ0) is 12.5. The molecule has 0 atom stereocenters. The fourth-order valence-corrected chi connectivity index (χ4v) is 3.67. The predicted molar refractivity (Wildman–Crippen MR) is 73.4 cm³/mol. The highest BCUT2D eigenvalue weighted by Gasteiger charge is 2.43. The molecule has 0 amide bonds. The summed E-state index contributed by atoms with van der Waals surface area (Å²) in [7, 11) is 4.33. The van der Waals surface area contributed by atoms with Gasteiger partial charge in [0.05, 0.1) is 0 Å². The molecule has 1 aliphatic heterocycles. The van der Waals surface area contributed by atoms with Gasteiger partial charge in [0.1, 0.15) is 0 Å². The summed E-state index contributed by atoms with van der Waals surface area (Å²) in [5.41, 5.74) is 0.697. The molecule has 100 valence electrons. The van der Waals surface area contributed by atoms with Crippen molar-refractivity contribution in [2.45, 2.75) is 50.6 Å². The van der Waals surface area contributed by atoms with Crippen LogP contribution in [0, 0.1) is 0 Å². The first-order valence-corrected chi connectivity index (χ1v) is 7.07. The highest BCUT2D eigenvalue weighted by molar-refractivity contribution is 5.04. The van der Waals surface area contributed by atoms with Gasteiger partial charge in [-0.05, 0) is 40.8 Å². The first-order chi connectivity index (χ1) is 7.91. The van der Waals surface area contributed by atoms with Crippen LogP contribution in [0.3, 0.4) is 0 Å². The third kappa shape index (κ3) is 3.43. The monoisotopic (exact) mass is 239 g/mol. The largest absolute Gasteiger partial charge is 0.308 e. The number of hydrogen-bond donors (Lipinski definition) is 1. The van der Waals surface area contributed by atoms with Crippen LogP contribution in [0.15, 0.2) is 0 Å². The summed E-state index contributed by atoms with van der Waals surface area (Å²) in [4.78, 5) is 4.96. The van der Waals surface area contributed by atoms with E-state index in [4.69, 9.17) is 0 Å². The van der Waals surface area contributed by atoms with Crippen molar-refractivity contribution in [3.05, 3.63) is 0 Å². The quantitative estimate of drug-likeness (QED) is 0.806. The molecule has 0 aromatic rings. The molecule has 0 bridgehead atoms. The smallest absolute Gasteiger partial charge is 0.0313 e. The molecule has 1 saturated heterocycles. The molecule has 1 saturated carbocycles. The molecule has 1 spiro atoms. The minimum Gasteiger partial charge on any atom is -0.308 e. The lowest BCUT2D eigenvalue weighted by Gasteiger charge is -2.50. The van der Waals surface area contributed by atoms with E-state index < -0.39 is 0 Å². The molecular weight excluding hydrogens is 210 g/mol. The lowest BCUT2D eigenvalue weighted by atomic mass is 9.87. The Labute approximate surface area is 107 Å². The number of likely N-dealkylation sites (N-methyl/N-ethyl adjacent to an activating group) is 1. The Balaban J connectivity index is 1.98. The summed E-state index contributed by atoms with van der Waals surface area (Å²) in [6.45, 7) is 9.53. The van der Waals surface area contributed by atoms with Gasteiger partial charge in [-0.3, -0.25) is 4.90 Å². The zero-order valence-electron chi connectivity index (χ0n) is 12.1. The Morgan fingerprint density at radius 1 is 1.12 bits per heavy atom. The standard InChI is InChI=1S/C14H29N3/c1-13(2)11-17(10-9-16(3)4)12-14(15-13)7-5-6-8-14/h15H,5-12H2,1-4H3. The van der Waals surface area contributed by atoms with Gasteiger partial charge in [-0.15, -0.1) is 0 Å². The summed E-state index contributed by atoms with van der Waals surface area (Å²) >= 11 is 0. The Kier molecular flexibility index (Phi) is 3.81. The number of nitrogens with zero attached hydrogens (tertiary/aromatic N) is 2. The molecule has 3 heteroatoms. The van der Waals surface area contributed by atoms with E-state index in [1.54, 1.807) is 0 Å². The fraction of sp³-hybridized carbons (Fsp3) is 1.00. The second kappa shape index (κ2) is 4.87. The summed E-state index contributed by atoms with van der Waals surface area (Å²) in [6.07, 6.45) is 5.55. The van der Waals surface area contributed by atoms with Crippen LogP contribution in [0.25, 0.3) is 0 Å². The van der Waals surface area contributed by atoms with Crippen LogP contribution in [0.2, 0.25) is 0 Å². The first-order valence-electron chi connectivity index (χ1n) is 7.07. The Morgan fingerprint density at radius 3 is 2.35 bits per heavy atom. The van der Waals surface area contributed by atoms with Gasteiger partial charge in [0, 0.05) is 37.3 Å². The van der Waals surface area contributed by atoms with Crippen molar-refractivity contribution in [1.29, 1.82) is 0 Å². The summed E-state index contributed by atoms with van der Waals surface area (Å²) in [5.74, 6) is 0. The molecule has 2 fully saturated rings. The van der Waals surface area contributed by atoms with E-state index in [1.165, 1.54) is 51.9 Å². The number of piperazine rings is 1. The van der Waals surface area contributed by atoms with Crippen LogP contribution in [0.1, 0.15) is 39.5 Å². The molecule has 0 aromatic carbocycles. The maximum absolute atomic E-state index is 3.93. The highest BCUT2D eigenvalue weighted by Crippen LogP contribution is 2.35. The molecule has 2 aliphatic rings. The molecule has 1 heterocycles. The van der Waals surface area contributed by atoms with Crippen molar-refractivity contribution in [3.8, 4) is 0 Å². The third-order valence-electron chi connectivity index (χ3n) is 4.17. The average molecular weight is 239 g/mol. The number of nitrogens with one attached hydrogen (secondary N) is 1. The van der Waals surface area contributed by atoms with Crippen molar-refractivity contribution >= 4 is 0 Å². The SMILES string of the molecule is CN(C)CCN1CC(C)(C)NC2(CCCC2)C1. The van der Waals surface area contributed by atoms with Gasteiger partial charge in [0.2, 0.25) is 0 Å². The topological polar surface area (TPSA) is 18.5 Å². The van der Waals surface area contributed by atoms with Crippen LogP contribution >= 0.6 is 0 Å². The normalized spacial score (nSPS) is 28.1. The van der Waals surface area contributed by atoms with E-state index in [0.717, 1.165) is 0 Å². The molecule has 1 N–H and O–H groups in total. The van der Waals surface area contributed by atoms with E-state index in [1.807, 2.05) is 0 Å². The first kappa shape index (κ1) is 13.3. The van der Waals surface area contributed by atoms with Crippen molar-refractivity contribution in [3.63, 3.8) is 0 Å². The molecule has 0 radical (unpaired) electrons. The highest BCUT2D eigenvalue weighted by atomic mass is 15.3. The van der Waals surface area contributed by atoms with E-state index in [9.17, 15) is 0 Å². The minimum atomic E-state index is 0.273. The Bertz CT molecular complexity index is 254. The van der Waals surface area contributed by atoms with Gasteiger partial charge in [-0.1, -0.05) is 12.8 Å². The van der Waals surface area contributed by atoms with E-state index in [2.05, 4.69) is 43.1 Å². The van der Waals surface area contributed by atoms with Gasteiger partial charge in [0.25, 0.3) is 0 Å². The lowest BCUT2D eigenvalue weighted by Crippen LogP contribution is -2.68. The van der Waals surface area contributed by atoms with Gasteiger partial charge < -0.3 is 10.2 Å². The predicted octanol–water partition coefficient (Wildman–Crippen LogP) is 1.54. The Morgan fingerprint density at radius 2 is 1.76 bits per heavy atom.